The Hall–Kier alpha value is -1.29. The third-order valence-electron chi connectivity index (χ3n) is 4.28. The van der Waals surface area contributed by atoms with Gasteiger partial charge in [-0.1, -0.05) is 19.9 Å². The zero-order valence-corrected chi connectivity index (χ0v) is 13.1. The van der Waals surface area contributed by atoms with Crippen molar-refractivity contribution in [1.82, 2.24) is 4.90 Å². The Bertz CT molecular complexity index is 449. The van der Waals surface area contributed by atoms with Crippen LogP contribution in [0.25, 0.3) is 0 Å². The first-order valence-corrected chi connectivity index (χ1v) is 7.15. The molecule has 2 rings (SSSR count). The number of hydrogen-bond acceptors (Lipinski definition) is 3. The van der Waals surface area contributed by atoms with Crippen molar-refractivity contribution in [3.05, 3.63) is 24.1 Å². The molecule has 0 N–H and O–H groups in total. The molecule has 1 saturated heterocycles. The summed E-state index contributed by atoms with van der Waals surface area (Å²) in [5.41, 5.74) is -0.158. The van der Waals surface area contributed by atoms with Crippen molar-refractivity contribution in [2.45, 2.75) is 40.2 Å². The van der Waals surface area contributed by atoms with Gasteiger partial charge in [-0.2, -0.15) is 0 Å². The van der Waals surface area contributed by atoms with Crippen LogP contribution in [0.4, 0.5) is 0 Å². The van der Waals surface area contributed by atoms with Crippen LogP contribution in [0.5, 0.6) is 0 Å². The molecule has 1 fully saturated rings. The second-order valence-corrected chi connectivity index (χ2v) is 6.90. The molecule has 0 unspecified atom stereocenters. The van der Waals surface area contributed by atoms with Gasteiger partial charge >= 0.3 is 0 Å². The zero-order chi connectivity index (χ0) is 15.0. The van der Waals surface area contributed by atoms with Gasteiger partial charge in [-0.05, 0) is 25.7 Å². The van der Waals surface area contributed by atoms with Gasteiger partial charge in [0.15, 0.2) is 0 Å². The van der Waals surface area contributed by atoms with Gasteiger partial charge in [0.2, 0.25) is 0 Å². The Morgan fingerprint density at radius 2 is 2.10 bits per heavy atom. The lowest BCUT2D eigenvalue weighted by molar-refractivity contribution is -0.122. The molecule has 0 saturated carbocycles. The number of carbonyl (C=O) groups is 1. The van der Waals surface area contributed by atoms with Crippen LogP contribution in [0, 0.1) is 10.8 Å². The van der Waals surface area contributed by atoms with E-state index in [1.54, 1.807) is 24.2 Å². The van der Waals surface area contributed by atoms with Gasteiger partial charge in [0.05, 0.1) is 6.10 Å². The Kier molecular flexibility index (Phi) is 3.96. The molecule has 0 aromatic rings. The maximum absolute atomic E-state index is 11.9. The van der Waals surface area contributed by atoms with Crippen molar-refractivity contribution < 1.29 is 14.3 Å². The van der Waals surface area contributed by atoms with Crippen molar-refractivity contribution >= 4 is 5.91 Å². The van der Waals surface area contributed by atoms with Crippen LogP contribution in [0.1, 0.15) is 34.1 Å². The number of rotatable bonds is 3. The molecule has 0 spiro atoms. The van der Waals surface area contributed by atoms with Crippen LogP contribution in [-0.4, -0.2) is 37.2 Å². The molecule has 4 heteroatoms. The minimum absolute atomic E-state index is 0.0616. The fourth-order valence-corrected chi connectivity index (χ4v) is 2.37. The maximum atomic E-state index is 11.9. The molecule has 1 amide bonds. The van der Waals surface area contributed by atoms with E-state index in [9.17, 15) is 4.79 Å². The van der Waals surface area contributed by atoms with Crippen molar-refractivity contribution in [3.8, 4) is 0 Å². The second-order valence-electron chi connectivity index (χ2n) is 6.90. The lowest BCUT2D eigenvalue weighted by Gasteiger charge is -2.29. The molecule has 2 aliphatic heterocycles. The molecular formula is C16H25NO3. The molecule has 2 heterocycles. The highest BCUT2D eigenvalue weighted by Gasteiger charge is 2.37. The minimum Gasteiger partial charge on any atom is -0.494 e. The molecule has 0 aromatic heterocycles. The molecule has 1 atom stereocenters. The van der Waals surface area contributed by atoms with E-state index in [4.69, 9.17) is 9.47 Å². The quantitative estimate of drug-likeness (QED) is 0.797. The highest BCUT2D eigenvalue weighted by atomic mass is 16.5. The number of ether oxygens (including phenoxy) is 2. The van der Waals surface area contributed by atoms with Gasteiger partial charge in [-0.15, -0.1) is 0 Å². The molecule has 112 valence electrons. The molecule has 0 aliphatic carbocycles. The first-order valence-electron chi connectivity index (χ1n) is 7.15. The molecule has 20 heavy (non-hydrogen) atoms. The smallest absolute Gasteiger partial charge is 0.253 e. The van der Waals surface area contributed by atoms with E-state index < -0.39 is 0 Å². The van der Waals surface area contributed by atoms with Crippen molar-refractivity contribution in [2.75, 3.05) is 20.3 Å². The molecule has 4 nitrogen and oxygen atoms in total. The number of amides is 1. The van der Waals surface area contributed by atoms with Crippen LogP contribution in [0.2, 0.25) is 0 Å². The van der Waals surface area contributed by atoms with E-state index in [0.29, 0.717) is 12.4 Å². The van der Waals surface area contributed by atoms with E-state index in [-0.39, 0.29) is 22.8 Å². The van der Waals surface area contributed by atoms with Gasteiger partial charge in [0.25, 0.3) is 5.91 Å². The molecule has 0 radical (unpaired) electrons. The number of hydrogen-bond donors (Lipinski definition) is 0. The van der Waals surface area contributed by atoms with Crippen molar-refractivity contribution in [1.29, 1.82) is 0 Å². The van der Waals surface area contributed by atoms with Crippen LogP contribution >= 0.6 is 0 Å². The molecule has 0 bridgehead atoms. The Morgan fingerprint density at radius 1 is 1.40 bits per heavy atom. The monoisotopic (exact) mass is 279 g/mol. The second kappa shape index (κ2) is 5.24. The van der Waals surface area contributed by atoms with E-state index in [1.165, 1.54) is 0 Å². The van der Waals surface area contributed by atoms with E-state index in [1.807, 2.05) is 19.9 Å². The van der Waals surface area contributed by atoms with Gasteiger partial charge in [-0.3, -0.25) is 4.79 Å². The number of nitrogens with zero attached hydrogens (tertiary/aromatic N) is 1. The van der Waals surface area contributed by atoms with Gasteiger partial charge in [0, 0.05) is 31.3 Å². The van der Waals surface area contributed by atoms with Gasteiger partial charge in [0.1, 0.15) is 12.4 Å². The summed E-state index contributed by atoms with van der Waals surface area (Å²) >= 11 is 0. The topological polar surface area (TPSA) is 38.8 Å². The molecular weight excluding hydrogens is 254 g/mol. The van der Waals surface area contributed by atoms with E-state index >= 15 is 0 Å². The standard InChI is InChI=1S/C16H25NO3/c1-15(2)6-8-17(5)14(18)10-12(15)20-11-13-16(3,4)7-9-19-13/h6,8,10,13H,7,9,11H2,1-5H3/t13-/m0/s1. The fraction of sp³-hybridized carbons (Fsp3) is 0.688. The van der Waals surface area contributed by atoms with Crippen LogP contribution in [0.15, 0.2) is 24.1 Å². The summed E-state index contributed by atoms with van der Waals surface area (Å²) in [6.07, 6.45) is 6.50. The number of allylic oxidation sites excluding steroid dienone is 1. The summed E-state index contributed by atoms with van der Waals surface area (Å²) < 4.78 is 11.7. The SMILES string of the molecule is CN1C=CC(C)(C)C(OC[C@@H]2OCCC2(C)C)=CC1=O. The first kappa shape index (κ1) is 15.1. The summed E-state index contributed by atoms with van der Waals surface area (Å²) in [5.74, 6) is 0.642. The third-order valence-corrected chi connectivity index (χ3v) is 4.28. The van der Waals surface area contributed by atoms with E-state index in [2.05, 4.69) is 13.8 Å². The highest BCUT2D eigenvalue weighted by Crippen LogP contribution is 2.36. The largest absolute Gasteiger partial charge is 0.494 e. The molecule has 0 aromatic carbocycles. The summed E-state index contributed by atoms with van der Waals surface area (Å²) in [4.78, 5) is 13.5. The zero-order valence-electron chi connectivity index (χ0n) is 13.1. The summed E-state index contributed by atoms with van der Waals surface area (Å²) in [7, 11) is 1.75. The van der Waals surface area contributed by atoms with Gasteiger partial charge in [-0.25, -0.2) is 0 Å². The van der Waals surface area contributed by atoms with Gasteiger partial charge < -0.3 is 14.4 Å². The lowest BCUT2D eigenvalue weighted by Crippen LogP contribution is -2.30. The van der Waals surface area contributed by atoms with Crippen LogP contribution in [-0.2, 0) is 14.3 Å². The maximum Gasteiger partial charge on any atom is 0.253 e. The van der Waals surface area contributed by atoms with Crippen molar-refractivity contribution in [2.24, 2.45) is 10.8 Å². The average Bonchev–Trinajstić information content (AvgIpc) is 2.65. The number of carbonyl (C=O) groups excluding carboxylic acids is 1. The lowest BCUT2D eigenvalue weighted by atomic mass is 9.86. The van der Waals surface area contributed by atoms with Crippen LogP contribution in [0.3, 0.4) is 0 Å². The number of likely N-dealkylation sites (N-methyl/N-ethyl adjacent to an activating group) is 1. The van der Waals surface area contributed by atoms with Crippen molar-refractivity contribution in [3.63, 3.8) is 0 Å². The molecule has 2 aliphatic rings. The Balaban J connectivity index is 2.09. The average molecular weight is 279 g/mol. The predicted octanol–water partition coefficient (Wildman–Crippen LogP) is 2.71. The van der Waals surface area contributed by atoms with Crippen LogP contribution < -0.4 is 0 Å². The summed E-state index contributed by atoms with van der Waals surface area (Å²) in [6.45, 7) is 9.75. The highest BCUT2D eigenvalue weighted by molar-refractivity contribution is 5.89. The third kappa shape index (κ3) is 3.06. The Morgan fingerprint density at radius 3 is 2.70 bits per heavy atom. The summed E-state index contributed by atoms with van der Waals surface area (Å²) in [5, 5.41) is 0. The minimum atomic E-state index is -0.289. The Labute approximate surface area is 121 Å². The normalized spacial score (nSPS) is 28.2. The first-order chi connectivity index (χ1) is 9.22. The fourth-order valence-electron chi connectivity index (χ4n) is 2.37. The predicted molar refractivity (Wildman–Crippen MR) is 77.9 cm³/mol. The summed E-state index contributed by atoms with van der Waals surface area (Å²) in [6, 6.07) is 0. The van der Waals surface area contributed by atoms with E-state index in [0.717, 1.165) is 13.0 Å².